The van der Waals surface area contributed by atoms with Gasteiger partial charge in [0, 0.05) is 10.1 Å². The first kappa shape index (κ1) is 14.0. The van der Waals surface area contributed by atoms with E-state index in [9.17, 15) is 0 Å². The van der Waals surface area contributed by atoms with E-state index in [1.165, 1.54) is 5.56 Å². The number of anilines is 3. The van der Waals surface area contributed by atoms with Crippen molar-refractivity contribution >= 4 is 39.7 Å². The Morgan fingerprint density at radius 2 is 1.89 bits per heavy atom. The largest absolute Gasteiger partial charge is 0.494 e. The molecule has 0 bridgehead atoms. The summed E-state index contributed by atoms with van der Waals surface area (Å²) in [5.74, 6) is 0.878. The maximum atomic E-state index is 6.03. The molecule has 0 fully saturated rings. The molecule has 0 radical (unpaired) electrons. The summed E-state index contributed by atoms with van der Waals surface area (Å²) in [6.07, 6.45) is 0. The van der Waals surface area contributed by atoms with Crippen LogP contribution in [-0.4, -0.2) is 6.61 Å². The van der Waals surface area contributed by atoms with Crippen LogP contribution in [0.4, 0.5) is 17.1 Å². The second-order valence-corrected chi connectivity index (χ2v) is 4.86. The number of nitrogens with two attached hydrogens (primary N) is 1. The third kappa shape index (κ3) is 3.53. The lowest BCUT2D eigenvalue weighted by Gasteiger charge is -2.13. The number of rotatable bonds is 5. The maximum Gasteiger partial charge on any atom is 0.119 e. The van der Waals surface area contributed by atoms with Gasteiger partial charge in [0.2, 0.25) is 0 Å². The molecule has 0 aliphatic heterocycles. The molecule has 19 heavy (non-hydrogen) atoms. The van der Waals surface area contributed by atoms with Crippen LogP contribution >= 0.6 is 22.6 Å². The highest BCUT2D eigenvalue weighted by molar-refractivity contribution is 14.1. The Kier molecular flexibility index (Phi) is 4.90. The van der Waals surface area contributed by atoms with Gasteiger partial charge in [0.1, 0.15) is 5.75 Å². The molecule has 0 spiro atoms. The van der Waals surface area contributed by atoms with Gasteiger partial charge in [0.05, 0.1) is 18.0 Å². The van der Waals surface area contributed by atoms with Gasteiger partial charge in [-0.15, -0.1) is 0 Å². The summed E-state index contributed by atoms with van der Waals surface area (Å²) in [7, 11) is 0. The summed E-state index contributed by atoms with van der Waals surface area (Å²) < 4.78 is 6.34. The number of alkyl halides is 1. The highest BCUT2D eigenvalue weighted by Crippen LogP contribution is 2.29. The van der Waals surface area contributed by atoms with Gasteiger partial charge in [-0.3, -0.25) is 0 Å². The van der Waals surface area contributed by atoms with Gasteiger partial charge in [-0.2, -0.15) is 0 Å². The first-order chi connectivity index (χ1) is 9.24. The van der Waals surface area contributed by atoms with Crippen molar-refractivity contribution in [2.75, 3.05) is 17.7 Å². The Bertz CT molecular complexity index is 540. The quantitative estimate of drug-likeness (QED) is 0.469. The van der Waals surface area contributed by atoms with Crippen LogP contribution < -0.4 is 15.8 Å². The third-order valence-corrected chi connectivity index (χ3v) is 3.58. The Balaban J connectivity index is 2.21. The number of halogens is 1. The molecule has 3 nitrogen and oxygen atoms in total. The standard InChI is InChI=1S/C15H17IN2O/c1-2-19-13-8-6-12(7-9-13)18-15-11(10-16)4-3-5-14(15)17/h3-9,18H,2,10,17H2,1H3. The molecule has 0 aliphatic rings. The van der Waals surface area contributed by atoms with E-state index in [0.29, 0.717) is 6.61 Å². The fraction of sp³-hybridized carbons (Fsp3) is 0.200. The Morgan fingerprint density at radius 1 is 1.16 bits per heavy atom. The van der Waals surface area contributed by atoms with Crippen LogP contribution in [0, 0.1) is 0 Å². The Morgan fingerprint density at radius 3 is 2.53 bits per heavy atom. The monoisotopic (exact) mass is 368 g/mol. The maximum absolute atomic E-state index is 6.03. The molecular formula is C15H17IN2O. The minimum atomic E-state index is 0.678. The number of benzene rings is 2. The molecule has 0 saturated heterocycles. The number of nitrogens with one attached hydrogen (secondary N) is 1. The van der Waals surface area contributed by atoms with E-state index in [-0.39, 0.29) is 0 Å². The summed E-state index contributed by atoms with van der Waals surface area (Å²) in [6.45, 7) is 2.65. The number of hydrogen-bond acceptors (Lipinski definition) is 3. The highest BCUT2D eigenvalue weighted by Gasteiger charge is 2.05. The van der Waals surface area contributed by atoms with Crippen molar-refractivity contribution in [2.24, 2.45) is 0 Å². The van der Waals surface area contributed by atoms with Gasteiger partial charge in [-0.05, 0) is 42.8 Å². The molecule has 2 aromatic carbocycles. The van der Waals surface area contributed by atoms with E-state index in [1.54, 1.807) is 0 Å². The first-order valence-electron chi connectivity index (χ1n) is 6.17. The predicted molar refractivity (Wildman–Crippen MR) is 89.5 cm³/mol. The van der Waals surface area contributed by atoms with Gasteiger partial charge in [-0.1, -0.05) is 34.7 Å². The van der Waals surface area contributed by atoms with Gasteiger partial charge >= 0.3 is 0 Å². The van der Waals surface area contributed by atoms with Crippen LogP contribution in [0.5, 0.6) is 5.75 Å². The third-order valence-electron chi connectivity index (χ3n) is 2.76. The zero-order valence-electron chi connectivity index (χ0n) is 10.8. The van der Waals surface area contributed by atoms with Crippen LogP contribution in [0.1, 0.15) is 12.5 Å². The number of hydrogen-bond donors (Lipinski definition) is 2. The van der Waals surface area contributed by atoms with Crippen LogP contribution in [0.3, 0.4) is 0 Å². The zero-order valence-corrected chi connectivity index (χ0v) is 13.0. The lowest BCUT2D eigenvalue weighted by Crippen LogP contribution is -2.00. The number of ether oxygens (including phenoxy) is 1. The van der Waals surface area contributed by atoms with Crippen LogP contribution in [-0.2, 0) is 4.43 Å². The normalized spacial score (nSPS) is 10.2. The van der Waals surface area contributed by atoms with Crippen molar-refractivity contribution in [1.29, 1.82) is 0 Å². The van der Waals surface area contributed by atoms with Gasteiger partial charge in [0.25, 0.3) is 0 Å². The van der Waals surface area contributed by atoms with E-state index < -0.39 is 0 Å². The average molecular weight is 368 g/mol. The van der Waals surface area contributed by atoms with E-state index in [1.807, 2.05) is 43.3 Å². The first-order valence-corrected chi connectivity index (χ1v) is 7.70. The fourth-order valence-corrected chi connectivity index (χ4v) is 2.46. The van der Waals surface area contributed by atoms with Crippen molar-refractivity contribution in [3.8, 4) is 5.75 Å². The molecule has 0 aliphatic carbocycles. The SMILES string of the molecule is CCOc1ccc(Nc2c(N)cccc2CI)cc1. The van der Waals surface area contributed by atoms with Gasteiger partial charge in [0.15, 0.2) is 0 Å². The molecule has 3 N–H and O–H groups in total. The van der Waals surface area contributed by atoms with E-state index in [2.05, 4.69) is 34.0 Å². The molecular weight excluding hydrogens is 351 g/mol. The second kappa shape index (κ2) is 6.65. The second-order valence-electron chi connectivity index (χ2n) is 4.10. The molecule has 0 aromatic heterocycles. The van der Waals surface area contributed by atoms with Gasteiger partial charge in [-0.25, -0.2) is 0 Å². The molecule has 0 atom stereocenters. The predicted octanol–water partition coefficient (Wildman–Crippen LogP) is 4.35. The van der Waals surface area contributed by atoms with Crippen LogP contribution in [0.15, 0.2) is 42.5 Å². The van der Waals surface area contributed by atoms with Gasteiger partial charge < -0.3 is 15.8 Å². The molecule has 0 unspecified atom stereocenters. The Labute approximate surface area is 127 Å². The summed E-state index contributed by atoms with van der Waals surface area (Å²) in [5, 5.41) is 3.38. The van der Waals surface area contributed by atoms with Crippen molar-refractivity contribution in [3.05, 3.63) is 48.0 Å². The smallest absolute Gasteiger partial charge is 0.119 e. The molecule has 4 heteroatoms. The summed E-state index contributed by atoms with van der Waals surface area (Å²) in [4.78, 5) is 0. The number of nitrogen functional groups attached to an aromatic ring is 1. The topological polar surface area (TPSA) is 47.3 Å². The zero-order chi connectivity index (χ0) is 13.7. The van der Waals surface area contributed by atoms with E-state index >= 15 is 0 Å². The molecule has 0 heterocycles. The summed E-state index contributed by atoms with van der Waals surface area (Å²) in [5.41, 5.74) is 10.00. The Hall–Kier alpha value is -1.43. The summed E-state index contributed by atoms with van der Waals surface area (Å²) in [6, 6.07) is 13.9. The minimum Gasteiger partial charge on any atom is -0.494 e. The molecule has 100 valence electrons. The molecule has 2 aromatic rings. The highest BCUT2D eigenvalue weighted by atomic mass is 127. The van der Waals surface area contributed by atoms with E-state index in [4.69, 9.17) is 10.5 Å². The lowest BCUT2D eigenvalue weighted by molar-refractivity contribution is 0.340. The minimum absolute atomic E-state index is 0.678. The van der Waals surface area contributed by atoms with Crippen LogP contribution in [0.25, 0.3) is 0 Å². The van der Waals surface area contributed by atoms with Crippen molar-refractivity contribution in [3.63, 3.8) is 0 Å². The molecule has 2 rings (SSSR count). The fourth-order valence-electron chi connectivity index (χ4n) is 1.83. The van der Waals surface area contributed by atoms with Crippen molar-refractivity contribution in [2.45, 2.75) is 11.4 Å². The molecule has 0 amide bonds. The average Bonchev–Trinajstić information content (AvgIpc) is 2.43. The number of para-hydroxylation sites is 1. The van der Waals surface area contributed by atoms with Crippen molar-refractivity contribution in [1.82, 2.24) is 0 Å². The summed E-state index contributed by atoms with van der Waals surface area (Å²) >= 11 is 2.34. The van der Waals surface area contributed by atoms with E-state index in [0.717, 1.165) is 27.2 Å². The van der Waals surface area contributed by atoms with Crippen LogP contribution in [0.2, 0.25) is 0 Å². The lowest BCUT2D eigenvalue weighted by atomic mass is 10.1. The molecule has 0 saturated carbocycles. The van der Waals surface area contributed by atoms with Crippen molar-refractivity contribution < 1.29 is 4.74 Å².